The van der Waals surface area contributed by atoms with Gasteiger partial charge < -0.3 is 5.11 Å². The van der Waals surface area contributed by atoms with Gasteiger partial charge in [-0.1, -0.05) is 30.7 Å². The van der Waals surface area contributed by atoms with Crippen molar-refractivity contribution in [2.24, 2.45) is 17.8 Å². The van der Waals surface area contributed by atoms with Crippen LogP contribution in [0.15, 0.2) is 24.3 Å². The number of aliphatic hydroxyl groups is 1. The molecule has 1 aromatic carbocycles. The van der Waals surface area contributed by atoms with Crippen LogP contribution in [0.3, 0.4) is 0 Å². The van der Waals surface area contributed by atoms with Crippen molar-refractivity contribution in [3.8, 4) is 0 Å². The average Bonchev–Trinajstić information content (AvgIpc) is 2.99. The molecular weight excluding hydrogens is 220 g/mol. The highest BCUT2D eigenvalue weighted by Gasteiger charge is 2.40. The van der Waals surface area contributed by atoms with Crippen LogP contribution in [0.1, 0.15) is 49.1 Å². The molecule has 4 atom stereocenters. The van der Waals surface area contributed by atoms with Crippen LogP contribution in [0.4, 0.5) is 0 Å². The Bertz CT molecular complexity index is 412. The molecule has 2 fully saturated rings. The van der Waals surface area contributed by atoms with E-state index < -0.39 is 0 Å². The number of aryl methyl sites for hydroxylation is 1. The van der Waals surface area contributed by atoms with Crippen molar-refractivity contribution in [3.05, 3.63) is 35.4 Å². The maximum Gasteiger partial charge on any atom is 0.0499 e. The quantitative estimate of drug-likeness (QED) is 0.851. The lowest BCUT2D eigenvalue weighted by Gasteiger charge is -2.26. The van der Waals surface area contributed by atoms with Gasteiger partial charge in [-0.2, -0.15) is 0 Å². The molecule has 0 spiro atoms. The van der Waals surface area contributed by atoms with Gasteiger partial charge in [0, 0.05) is 12.5 Å². The summed E-state index contributed by atoms with van der Waals surface area (Å²) in [6, 6.07) is 8.55. The molecular formula is C17H24O. The topological polar surface area (TPSA) is 20.2 Å². The van der Waals surface area contributed by atoms with Crippen molar-refractivity contribution < 1.29 is 5.11 Å². The summed E-state index contributed by atoms with van der Waals surface area (Å²) in [6.45, 7) is 2.47. The molecule has 4 unspecified atom stereocenters. The Kier molecular flexibility index (Phi) is 3.43. The maximum atomic E-state index is 9.73. The zero-order valence-electron chi connectivity index (χ0n) is 11.3. The van der Waals surface area contributed by atoms with E-state index in [-0.39, 0.29) is 0 Å². The number of rotatable bonds is 4. The van der Waals surface area contributed by atoms with Crippen LogP contribution in [0.5, 0.6) is 0 Å². The first-order valence-electron chi connectivity index (χ1n) is 7.44. The molecule has 0 saturated heterocycles. The number of aliphatic hydroxyl groups excluding tert-OH is 1. The SMILES string of the molecule is Cc1ccccc1C(CO)CC1CC2CCC1C2. The molecule has 18 heavy (non-hydrogen) atoms. The smallest absolute Gasteiger partial charge is 0.0499 e. The van der Waals surface area contributed by atoms with Crippen LogP contribution in [-0.2, 0) is 0 Å². The number of hydrogen-bond acceptors (Lipinski definition) is 1. The van der Waals surface area contributed by atoms with Crippen molar-refractivity contribution in [3.63, 3.8) is 0 Å². The second-order valence-corrected chi connectivity index (χ2v) is 6.41. The number of benzene rings is 1. The van der Waals surface area contributed by atoms with Gasteiger partial charge in [-0.15, -0.1) is 0 Å². The first-order valence-corrected chi connectivity index (χ1v) is 7.44. The van der Waals surface area contributed by atoms with Gasteiger partial charge >= 0.3 is 0 Å². The summed E-state index contributed by atoms with van der Waals surface area (Å²) in [6.07, 6.45) is 7.00. The van der Waals surface area contributed by atoms with Gasteiger partial charge in [0.2, 0.25) is 0 Å². The highest BCUT2D eigenvalue weighted by atomic mass is 16.3. The third-order valence-corrected chi connectivity index (χ3v) is 5.32. The normalized spacial score (nSPS) is 31.8. The molecule has 0 aromatic heterocycles. The lowest BCUT2D eigenvalue weighted by atomic mass is 9.79. The molecule has 2 bridgehead atoms. The maximum absolute atomic E-state index is 9.73. The van der Waals surface area contributed by atoms with E-state index >= 15 is 0 Å². The monoisotopic (exact) mass is 244 g/mol. The summed E-state index contributed by atoms with van der Waals surface area (Å²) in [7, 11) is 0. The first-order chi connectivity index (χ1) is 8.78. The van der Waals surface area contributed by atoms with E-state index in [4.69, 9.17) is 0 Å². The molecule has 2 saturated carbocycles. The van der Waals surface area contributed by atoms with Crippen LogP contribution >= 0.6 is 0 Å². The van der Waals surface area contributed by atoms with Gasteiger partial charge in [0.25, 0.3) is 0 Å². The Hall–Kier alpha value is -0.820. The summed E-state index contributed by atoms with van der Waals surface area (Å²) in [5.74, 6) is 3.21. The van der Waals surface area contributed by atoms with E-state index in [1.165, 1.54) is 43.2 Å². The molecule has 98 valence electrons. The van der Waals surface area contributed by atoms with Crippen molar-refractivity contribution in [2.75, 3.05) is 6.61 Å². The summed E-state index contributed by atoms with van der Waals surface area (Å²) in [5, 5.41) is 9.73. The summed E-state index contributed by atoms with van der Waals surface area (Å²) in [4.78, 5) is 0. The van der Waals surface area contributed by atoms with E-state index in [0.717, 1.165) is 17.8 Å². The molecule has 1 N–H and O–H groups in total. The molecule has 0 radical (unpaired) electrons. The van der Waals surface area contributed by atoms with Gasteiger partial charge in [-0.05, 0) is 61.5 Å². The Morgan fingerprint density at radius 1 is 1.22 bits per heavy atom. The Morgan fingerprint density at radius 2 is 2.06 bits per heavy atom. The highest BCUT2D eigenvalue weighted by Crippen LogP contribution is 2.51. The van der Waals surface area contributed by atoms with Crippen LogP contribution in [0.25, 0.3) is 0 Å². The minimum atomic E-state index is 0.304. The van der Waals surface area contributed by atoms with Crippen LogP contribution in [0.2, 0.25) is 0 Å². The molecule has 0 amide bonds. The van der Waals surface area contributed by atoms with Crippen molar-refractivity contribution in [1.82, 2.24) is 0 Å². The van der Waals surface area contributed by atoms with E-state index in [1.807, 2.05) is 0 Å². The van der Waals surface area contributed by atoms with Crippen molar-refractivity contribution in [2.45, 2.75) is 44.9 Å². The minimum absolute atomic E-state index is 0.304. The lowest BCUT2D eigenvalue weighted by Crippen LogP contribution is -2.17. The van der Waals surface area contributed by atoms with Gasteiger partial charge in [0.05, 0.1) is 0 Å². The molecule has 1 heteroatoms. The Balaban J connectivity index is 1.72. The lowest BCUT2D eigenvalue weighted by molar-refractivity contribution is 0.218. The van der Waals surface area contributed by atoms with E-state index in [9.17, 15) is 5.11 Å². The predicted octanol–water partition coefficient (Wildman–Crippen LogP) is 3.90. The standard InChI is InChI=1S/C17H24O/c1-12-4-2-3-5-17(12)16(11-18)10-15-9-13-6-7-14(15)8-13/h2-5,13-16,18H,6-11H2,1H3. The molecule has 1 aromatic rings. The Morgan fingerprint density at radius 3 is 2.67 bits per heavy atom. The fourth-order valence-corrected chi connectivity index (χ4v) is 4.38. The van der Waals surface area contributed by atoms with Crippen LogP contribution < -0.4 is 0 Å². The van der Waals surface area contributed by atoms with Crippen LogP contribution in [0, 0.1) is 24.7 Å². The van der Waals surface area contributed by atoms with E-state index in [2.05, 4.69) is 31.2 Å². The fraction of sp³-hybridized carbons (Fsp3) is 0.647. The second kappa shape index (κ2) is 5.05. The fourth-order valence-electron chi connectivity index (χ4n) is 4.38. The third kappa shape index (κ3) is 2.21. The molecule has 2 aliphatic carbocycles. The predicted molar refractivity (Wildman–Crippen MR) is 74.6 cm³/mol. The van der Waals surface area contributed by atoms with E-state index in [1.54, 1.807) is 0 Å². The van der Waals surface area contributed by atoms with Crippen LogP contribution in [-0.4, -0.2) is 11.7 Å². The van der Waals surface area contributed by atoms with Crippen molar-refractivity contribution in [1.29, 1.82) is 0 Å². The zero-order chi connectivity index (χ0) is 12.5. The number of hydrogen-bond donors (Lipinski definition) is 1. The zero-order valence-corrected chi connectivity index (χ0v) is 11.3. The summed E-state index contributed by atoms with van der Waals surface area (Å²) < 4.78 is 0. The molecule has 2 aliphatic rings. The Labute approximate surface area is 110 Å². The molecule has 0 heterocycles. The average molecular weight is 244 g/mol. The molecule has 3 rings (SSSR count). The van der Waals surface area contributed by atoms with Gasteiger partial charge in [0.1, 0.15) is 0 Å². The highest BCUT2D eigenvalue weighted by molar-refractivity contribution is 5.29. The summed E-state index contributed by atoms with van der Waals surface area (Å²) >= 11 is 0. The molecule has 1 nitrogen and oxygen atoms in total. The minimum Gasteiger partial charge on any atom is -0.396 e. The first kappa shape index (κ1) is 12.2. The van der Waals surface area contributed by atoms with E-state index in [0.29, 0.717) is 12.5 Å². The van der Waals surface area contributed by atoms with Crippen molar-refractivity contribution >= 4 is 0 Å². The van der Waals surface area contributed by atoms with Gasteiger partial charge in [0.15, 0.2) is 0 Å². The molecule has 0 aliphatic heterocycles. The van der Waals surface area contributed by atoms with Gasteiger partial charge in [-0.3, -0.25) is 0 Å². The largest absolute Gasteiger partial charge is 0.396 e. The number of fused-ring (bicyclic) bond motifs is 2. The van der Waals surface area contributed by atoms with Gasteiger partial charge in [-0.25, -0.2) is 0 Å². The second-order valence-electron chi connectivity index (χ2n) is 6.41. The third-order valence-electron chi connectivity index (χ3n) is 5.32. The summed E-state index contributed by atoms with van der Waals surface area (Å²) in [5.41, 5.74) is 2.70.